The molecular formula is C13H11BrN2OS. The predicted octanol–water partition coefficient (Wildman–Crippen LogP) is 4.27. The minimum Gasteiger partial charge on any atom is -0.441 e. The maximum atomic E-state index is 5.70. The molecule has 1 aromatic carbocycles. The first kappa shape index (κ1) is 11.9. The Labute approximate surface area is 117 Å². The maximum absolute atomic E-state index is 5.70. The van der Waals surface area contributed by atoms with Gasteiger partial charge >= 0.3 is 0 Å². The molecule has 0 aliphatic heterocycles. The first-order chi connectivity index (χ1) is 8.72. The van der Waals surface area contributed by atoms with Crippen molar-refractivity contribution in [2.75, 3.05) is 0 Å². The van der Waals surface area contributed by atoms with Gasteiger partial charge in [-0.25, -0.2) is 9.97 Å². The maximum Gasteiger partial charge on any atom is 0.197 e. The quantitative estimate of drug-likeness (QED) is 0.676. The SMILES string of the molecule is Cc1nc(C(Br)Cc2nc3ccccc3o2)cs1. The van der Waals surface area contributed by atoms with Gasteiger partial charge in [-0.1, -0.05) is 28.1 Å². The molecule has 3 rings (SSSR count). The number of nitrogens with zero attached hydrogens (tertiary/aromatic N) is 2. The number of halogens is 1. The third kappa shape index (κ3) is 2.33. The zero-order valence-corrected chi connectivity index (χ0v) is 12.2. The monoisotopic (exact) mass is 322 g/mol. The summed E-state index contributed by atoms with van der Waals surface area (Å²) in [4.78, 5) is 9.08. The van der Waals surface area contributed by atoms with E-state index in [1.807, 2.05) is 31.2 Å². The number of hydrogen-bond donors (Lipinski definition) is 0. The van der Waals surface area contributed by atoms with E-state index in [4.69, 9.17) is 4.42 Å². The molecular weight excluding hydrogens is 312 g/mol. The Morgan fingerprint density at radius 1 is 1.33 bits per heavy atom. The zero-order valence-electron chi connectivity index (χ0n) is 9.76. The fourth-order valence-electron chi connectivity index (χ4n) is 1.79. The van der Waals surface area contributed by atoms with E-state index in [1.54, 1.807) is 11.3 Å². The lowest BCUT2D eigenvalue weighted by Gasteiger charge is -2.02. The number of fused-ring (bicyclic) bond motifs is 1. The summed E-state index contributed by atoms with van der Waals surface area (Å²) in [5, 5.41) is 3.14. The molecule has 0 aliphatic rings. The van der Waals surface area contributed by atoms with Crippen molar-refractivity contribution in [3.8, 4) is 0 Å². The molecule has 0 radical (unpaired) electrons. The van der Waals surface area contributed by atoms with Crippen LogP contribution in [0.5, 0.6) is 0 Å². The lowest BCUT2D eigenvalue weighted by molar-refractivity contribution is 0.526. The summed E-state index contributed by atoms with van der Waals surface area (Å²) in [6.45, 7) is 2.01. The van der Waals surface area contributed by atoms with Gasteiger partial charge in [-0.05, 0) is 19.1 Å². The van der Waals surface area contributed by atoms with E-state index in [2.05, 4.69) is 31.3 Å². The highest BCUT2D eigenvalue weighted by Crippen LogP contribution is 2.28. The second kappa shape index (κ2) is 4.82. The Morgan fingerprint density at radius 2 is 2.17 bits per heavy atom. The molecule has 92 valence electrons. The highest BCUT2D eigenvalue weighted by Gasteiger charge is 2.15. The molecule has 2 aromatic heterocycles. The average Bonchev–Trinajstić information content (AvgIpc) is 2.94. The summed E-state index contributed by atoms with van der Waals surface area (Å²) in [6.07, 6.45) is 0.706. The Morgan fingerprint density at radius 3 is 2.89 bits per heavy atom. The van der Waals surface area contributed by atoms with E-state index >= 15 is 0 Å². The van der Waals surface area contributed by atoms with Gasteiger partial charge in [0.2, 0.25) is 0 Å². The second-order valence-corrected chi connectivity index (χ2v) is 6.21. The normalized spacial score (nSPS) is 13.0. The van der Waals surface area contributed by atoms with Gasteiger partial charge in [0.25, 0.3) is 0 Å². The van der Waals surface area contributed by atoms with Gasteiger partial charge in [0.15, 0.2) is 11.5 Å². The van der Waals surface area contributed by atoms with Crippen molar-refractivity contribution in [3.63, 3.8) is 0 Å². The number of para-hydroxylation sites is 2. The number of benzene rings is 1. The first-order valence-electron chi connectivity index (χ1n) is 5.63. The van der Waals surface area contributed by atoms with E-state index in [0.717, 1.165) is 27.7 Å². The number of thiazole rings is 1. The third-order valence-corrected chi connectivity index (χ3v) is 4.23. The first-order valence-corrected chi connectivity index (χ1v) is 7.42. The van der Waals surface area contributed by atoms with Gasteiger partial charge in [0, 0.05) is 11.8 Å². The van der Waals surface area contributed by atoms with Gasteiger partial charge in [0.1, 0.15) is 5.52 Å². The van der Waals surface area contributed by atoms with Crippen LogP contribution in [0, 0.1) is 6.92 Å². The van der Waals surface area contributed by atoms with E-state index in [1.165, 1.54) is 0 Å². The lowest BCUT2D eigenvalue weighted by Crippen LogP contribution is -1.96. The van der Waals surface area contributed by atoms with Crippen LogP contribution in [0.4, 0.5) is 0 Å². The summed E-state index contributed by atoms with van der Waals surface area (Å²) in [7, 11) is 0. The van der Waals surface area contributed by atoms with Crippen molar-refractivity contribution in [2.24, 2.45) is 0 Å². The molecule has 3 aromatic rings. The Balaban J connectivity index is 1.83. The second-order valence-electron chi connectivity index (χ2n) is 4.04. The highest BCUT2D eigenvalue weighted by atomic mass is 79.9. The molecule has 18 heavy (non-hydrogen) atoms. The molecule has 1 atom stereocenters. The molecule has 3 nitrogen and oxygen atoms in total. The highest BCUT2D eigenvalue weighted by molar-refractivity contribution is 9.09. The van der Waals surface area contributed by atoms with Gasteiger partial charge < -0.3 is 4.42 Å². The molecule has 5 heteroatoms. The van der Waals surface area contributed by atoms with E-state index in [0.29, 0.717) is 6.42 Å². The number of oxazole rings is 1. The third-order valence-electron chi connectivity index (χ3n) is 2.65. The average molecular weight is 323 g/mol. The molecule has 2 heterocycles. The fourth-order valence-corrected chi connectivity index (χ4v) is 3.14. The van der Waals surface area contributed by atoms with Crippen molar-refractivity contribution in [1.29, 1.82) is 0 Å². The molecule has 0 saturated carbocycles. The van der Waals surface area contributed by atoms with Crippen LogP contribution in [0.1, 0.15) is 21.4 Å². The summed E-state index contributed by atoms with van der Waals surface area (Å²) in [5.74, 6) is 0.740. The summed E-state index contributed by atoms with van der Waals surface area (Å²) < 4.78 is 5.70. The Bertz CT molecular complexity index is 643. The van der Waals surface area contributed by atoms with E-state index in [-0.39, 0.29) is 4.83 Å². The van der Waals surface area contributed by atoms with Crippen LogP contribution in [0.15, 0.2) is 34.1 Å². The molecule has 0 saturated heterocycles. The molecule has 0 aliphatic carbocycles. The van der Waals surface area contributed by atoms with Crippen LogP contribution in [-0.4, -0.2) is 9.97 Å². The number of aryl methyl sites for hydroxylation is 1. The van der Waals surface area contributed by atoms with Gasteiger partial charge in [0.05, 0.1) is 15.5 Å². The topological polar surface area (TPSA) is 38.9 Å². The van der Waals surface area contributed by atoms with Crippen molar-refractivity contribution in [1.82, 2.24) is 9.97 Å². The molecule has 0 amide bonds. The number of alkyl halides is 1. The van der Waals surface area contributed by atoms with Crippen molar-refractivity contribution in [3.05, 3.63) is 46.2 Å². The smallest absolute Gasteiger partial charge is 0.197 e. The summed E-state index contributed by atoms with van der Waals surface area (Å²) in [5.41, 5.74) is 2.78. The molecule has 0 fully saturated rings. The van der Waals surface area contributed by atoms with Crippen molar-refractivity contribution >= 4 is 38.4 Å². The van der Waals surface area contributed by atoms with Gasteiger partial charge in [-0.3, -0.25) is 0 Å². The molecule has 1 unspecified atom stereocenters. The molecule has 0 N–H and O–H groups in total. The number of hydrogen-bond acceptors (Lipinski definition) is 4. The van der Waals surface area contributed by atoms with Crippen LogP contribution < -0.4 is 0 Å². The Hall–Kier alpha value is -1.20. The minimum atomic E-state index is 0.149. The van der Waals surface area contributed by atoms with Crippen LogP contribution in [0.25, 0.3) is 11.1 Å². The lowest BCUT2D eigenvalue weighted by atomic mass is 10.2. The predicted molar refractivity (Wildman–Crippen MR) is 76.2 cm³/mol. The van der Waals surface area contributed by atoms with Crippen molar-refractivity contribution < 1.29 is 4.42 Å². The summed E-state index contributed by atoms with van der Waals surface area (Å²) >= 11 is 5.29. The van der Waals surface area contributed by atoms with Crippen LogP contribution in [-0.2, 0) is 6.42 Å². The fraction of sp³-hybridized carbons (Fsp3) is 0.231. The van der Waals surface area contributed by atoms with Crippen molar-refractivity contribution in [2.45, 2.75) is 18.2 Å². The van der Waals surface area contributed by atoms with Gasteiger partial charge in [-0.2, -0.15) is 0 Å². The number of rotatable bonds is 3. The minimum absolute atomic E-state index is 0.149. The standard InChI is InChI=1S/C13H11BrN2OS/c1-8-15-11(7-18-8)9(14)6-13-16-10-4-2-3-5-12(10)17-13/h2-5,7,9H,6H2,1H3. The Kier molecular flexibility index (Phi) is 3.18. The molecule has 0 spiro atoms. The number of aromatic nitrogens is 2. The van der Waals surface area contributed by atoms with Gasteiger partial charge in [-0.15, -0.1) is 11.3 Å². The van der Waals surface area contributed by atoms with Crippen LogP contribution in [0.2, 0.25) is 0 Å². The van der Waals surface area contributed by atoms with Crippen LogP contribution >= 0.6 is 27.3 Å². The largest absolute Gasteiger partial charge is 0.441 e. The van der Waals surface area contributed by atoms with E-state index in [9.17, 15) is 0 Å². The summed E-state index contributed by atoms with van der Waals surface area (Å²) in [6, 6.07) is 7.80. The molecule has 0 bridgehead atoms. The van der Waals surface area contributed by atoms with E-state index < -0.39 is 0 Å². The van der Waals surface area contributed by atoms with Crippen LogP contribution in [0.3, 0.4) is 0 Å². The zero-order chi connectivity index (χ0) is 12.5.